The molecule has 1 heterocycles. The van der Waals surface area contributed by atoms with Gasteiger partial charge < -0.3 is 23.7 Å². The molecule has 7 nitrogen and oxygen atoms in total. The van der Waals surface area contributed by atoms with Gasteiger partial charge in [-0.3, -0.25) is 9.69 Å². The molecule has 38 heavy (non-hydrogen) atoms. The Morgan fingerprint density at radius 1 is 0.842 bits per heavy atom. The van der Waals surface area contributed by atoms with Crippen molar-refractivity contribution in [3.05, 3.63) is 35.4 Å². The first kappa shape index (κ1) is 29.6. The number of carbonyl (C=O) groups excluding carboxylic acids is 1. The minimum absolute atomic E-state index is 0.229. The van der Waals surface area contributed by atoms with E-state index >= 15 is 0 Å². The minimum Gasteiger partial charge on any atom is -0.493 e. The fourth-order valence-electron chi connectivity index (χ4n) is 4.90. The van der Waals surface area contributed by atoms with Crippen LogP contribution in [0.2, 0.25) is 0 Å². The first-order chi connectivity index (χ1) is 18.4. The number of rotatable bonds is 14. The third kappa shape index (κ3) is 7.56. The van der Waals surface area contributed by atoms with Crippen molar-refractivity contribution in [1.29, 1.82) is 0 Å². The molecule has 3 rings (SSSR count). The first-order valence-corrected chi connectivity index (χ1v) is 14.1. The third-order valence-corrected chi connectivity index (χ3v) is 6.50. The van der Waals surface area contributed by atoms with Crippen LogP contribution in [0, 0.1) is 0 Å². The smallest absolute Gasteiger partial charge is 0.320 e. The molecule has 0 bridgehead atoms. The lowest BCUT2D eigenvalue weighted by molar-refractivity contribution is -0.151. The number of benzene rings is 2. The second kappa shape index (κ2) is 14.9. The molecule has 2 aromatic rings. The predicted molar refractivity (Wildman–Crippen MR) is 152 cm³/mol. The van der Waals surface area contributed by atoms with Gasteiger partial charge in [0, 0.05) is 12.0 Å². The maximum Gasteiger partial charge on any atom is 0.320 e. The Labute approximate surface area is 228 Å². The zero-order valence-corrected chi connectivity index (χ0v) is 24.1. The van der Waals surface area contributed by atoms with E-state index in [1.807, 2.05) is 59.7 Å². The monoisotopic (exact) mass is 527 g/mol. The van der Waals surface area contributed by atoms with Crippen LogP contribution in [-0.4, -0.2) is 56.9 Å². The molecule has 0 unspecified atom stereocenters. The van der Waals surface area contributed by atoms with Crippen molar-refractivity contribution in [2.75, 3.05) is 46.1 Å². The van der Waals surface area contributed by atoms with Crippen LogP contribution in [0.25, 0.3) is 10.8 Å². The number of esters is 1. The van der Waals surface area contributed by atoms with E-state index in [9.17, 15) is 4.79 Å². The van der Waals surface area contributed by atoms with E-state index in [4.69, 9.17) is 23.7 Å². The van der Waals surface area contributed by atoms with Gasteiger partial charge in [0.15, 0.2) is 0 Å². The molecular formula is C31H45NO6. The van der Waals surface area contributed by atoms with Crippen LogP contribution in [0.15, 0.2) is 29.8 Å². The molecule has 0 aromatic heterocycles. The predicted octanol–water partition coefficient (Wildman–Crippen LogP) is 6.86. The van der Waals surface area contributed by atoms with Gasteiger partial charge in [-0.15, -0.1) is 0 Å². The van der Waals surface area contributed by atoms with Crippen LogP contribution in [0.4, 0.5) is 0 Å². The van der Waals surface area contributed by atoms with Gasteiger partial charge in [0.25, 0.3) is 0 Å². The summed E-state index contributed by atoms with van der Waals surface area (Å²) in [5.41, 5.74) is 1.92. The Bertz CT molecular complexity index is 1090. The molecule has 0 spiro atoms. The van der Waals surface area contributed by atoms with E-state index in [0.717, 1.165) is 47.8 Å². The number of likely N-dealkylation sites (tertiary alicyclic amines) is 1. The van der Waals surface area contributed by atoms with Gasteiger partial charge in [0.05, 0.1) is 43.7 Å². The van der Waals surface area contributed by atoms with Crippen molar-refractivity contribution in [1.82, 2.24) is 4.90 Å². The highest BCUT2D eigenvalue weighted by molar-refractivity contribution is 6.03. The van der Waals surface area contributed by atoms with Gasteiger partial charge in [0.2, 0.25) is 0 Å². The molecule has 210 valence electrons. The standard InChI is InChI=1S/C31H45NO6/c1-7-34-25-16-17-26(35-8-2)30-29(25)27(36-9-3)20-23(31(30)37-10-4)24(15-14-22(5)6)38-28(33)21-32-18-12-11-13-19-32/h14,16-17,20,24H,7-13,15,18-19,21H2,1-6H3/t24-/m0/s1. The summed E-state index contributed by atoms with van der Waals surface area (Å²) in [7, 11) is 0. The van der Waals surface area contributed by atoms with E-state index in [1.54, 1.807) is 0 Å². The molecule has 1 fully saturated rings. The highest BCUT2D eigenvalue weighted by Crippen LogP contribution is 2.49. The summed E-state index contributed by atoms with van der Waals surface area (Å²) in [6.45, 7) is 16.0. The highest BCUT2D eigenvalue weighted by Gasteiger charge is 2.28. The molecule has 1 aliphatic rings. The van der Waals surface area contributed by atoms with Gasteiger partial charge in [-0.2, -0.15) is 0 Å². The summed E-state index contributed by atoms with van der Waals surface area (Å²) < 4.78 is 30.8. The molecule has 0 amide bonds. The lowest BCUT2D eigenvalue weighted by Crippen LogP contribution is -2.35. The van der Waals surface area contributed by atoms with Crippen LogP contribution < -0.4 is 18.9 Å². The summed E-state index contributed by atoms with van der Waals surface area (Å²) in [5, 5.41) is 1.57. The van der Waals surface area contributed by atoms with Crippen molar-refractivity contribution in [3.63, 3.8) is 0 Å². The third-order valence-electron chi connectivity index (χ3n) is 6.50. The number of piperidine rings is 1. The Balaban J connectivity index is 2.19. The second-order valence-corrected chi connectivity index (χ2v) is 9.67. The SMILES string of the molecule is CCOc1ccc(OCC)c2c(OCC)c([C@H](CC=C(C)C)OC(=O)CN3CCCCC3)cc(OCC)c12. The summed E-state index contributed by atoms with van der Waals surface area (Å²) in [5.74, 6) is 2.43. The van der Waals surface area contributed by atoms with Gasteiger partial charge >= 0.3 is 5.97 Å². The molecule has 0 radical (unpaired) electrons. The van der Waals surface area contributed by atoms with Gasteiger partial charge in [-0.25, -0.2) is 0 Å². The molecular weight excluding hydrogens is 482 g/mol. The largest absolute Gasteiger partial charge is 0.493 e. The Kier molecular flexibility index (Phi) is 11.6. The average Bonchev–Trinajstić information content (AvgIpc) is 2.89. The van der Waals surface area contributed by atoms with E-state index in [-0.39, 0.29) is 5.97 Å². The number of carbonyl (C=O) groups is 1. The Hall–Kier alpha value is -2.93. The Morgan fingerprint density at radius 3 is 2.00 bits per heavy atom. The number of hydrogen-bond acceptors (Lipinski definition) is 7. The maximum absolute atomic E-state index is 13.2. The molecule has 1 atom stereocenters. The summed E-state index contributed by atoms with van der Waals surface area (Å²) in [6, 6.07) is 5.77. The lowest BCUT2D eigenvalue weighted by Gasteiger charge is -2.28. The number of ether oxygens (including phenoxy) is 5. The van der Waals surface area contributed by atoms with Crippen LogP contribution in [0.5, 0.6) is 23.0 Å². The van der Waals surface area contributed by atoms with Crippen molar-refractivity contribution < 1.29 is 28.5 Å². The van der Waals surface area contributed by atoms with E-state index < -0.39 is 6.10 Å². The van der Waals surface area contributed by atoms with Crippen molar-refractivity contribution in [2.24, 2.45) is 0 Å². The fourth-order valence-corrected chi connectivity index (χ4v) is 4.90. The van der Waals surface area contributed by atoms with Crippen molar-refractivity contribution in [3.8, 4) is 23.0 Å². The molecule has 0 N–H and O–H groups in total. The van der Waals surface area contributed by atoms with Crippen molar-refractivity contribution in [2.45, 2.75) is 73.3 Å². The normalized spacial score (nSPS) is 14.6. The van der Waals surface area contributed by atoms with E-state index in [1.165, 1.54) is 6.42 Å². The average molecular weight is 528 g/mol. The molecule has 2 aromatic carbocycles. The van der Waals surface area contributed by atoms with Gasteiger partial charge in [0.1, 0.15) is 29.1 Å². The van der Waals surface area contributed by atoms with Crippen LogP contribution in [0.3, 0.4) is 0 Å². The number of fused-ring (bicyclic) bond motifs is 1. The Morgan fingerprint density at radius 2 is 1.42 bits per heavy atom. The zero-order valence-electron chi connectivity index (χ0n) is 24.1. The molecule has 0 saturated carbocycles. The van der Waals surface area contributed by atoms with Gasteiger partial charge in [-0.05, 0) is 85.7 Å². The van der Waals surface area contributed by atoms with Crippen molar-refractivity contribution >= 4 is 16.7 Å². The lowest BCUT2D eigenvalue weighted by atomic mass is 9.96. The number of allylic oxidation sites excluding steroid dienone is 1. The zero-order chi connectivity index (χ0) is 27.5. The highest BCUT2D eigenvalue weighted by atomic mass is 16.5. The molecule has 0 aliphatic carbocycles. The summed E-state index contributed by atoms with van der Waals surface area (Å²) in [6.07, 6.45) is 5.54. The minimum atomic E-state index is -0.544. The molecule has 1 aliphatic heterocycles. The van der Waals surface area contributed by atoms with Crippen LogP contribution >= 0.6 is 0 Å². The first-order valence-electron chi connectivity index (χ1n) is 14.1. The topological polar surface area (TPSA) is 66.5 Å². The molecule has 1 saturated heterocycles. The maximum atomic E-state index is 13.2. The van der Waals surface area contributed by atoms with E-state index in [0.29, 0.717) is 62.4 Å². The van der Waals surface area contributed by atoms with E-state index in [2.05, 4.69) is 11.0 Å². The number of nitrogens with zero attached hydrogens (tertiary/aromatic N) is 1. The quantitative estimate of drug-likeness (QED) is 0.196. The fraction of sp³-hybridized carbons (Fsp3) is 0.581. The van der Waals surface area contributed by atoms with Crippen LogP contribution in [-0.2, 0) is 9.53 Å². The second-order valence-electron chi connectivity index (χ2n) is 9.67. The summed E-state index contributed by atoms with van der Waals surface area (Å²) >= 11 is 0. The van der Waals surface area contributed by atoms with Crippen LogP contribution in [0.1, 0.15) is 78.9 Å². The molecule has 7 heteroatoms. The number of hydrogen-bond donors (Lipinski definition) is 0. The summed E-state index contributed by atoms with van der Waals surface area (Å²) in [4.78, 5) is 15.4. The van der Waals surface area contributed by atoms with Gasteiger partial charge in [-0.1, -0.05) is 18.1 Å².